The number of hydrogen-bond acceptors (Lipinski definition) is 2. The molecule has 2 unspecified atom stereocenters. The Morgan fingerprint density at radius 2 is 1.21 bits per heavy atom. The molecule has 1 N–H and O–H groups in total. The van der Waals surface area contributed by atoms with Gasteiger partial charge in [-0.25, -0.2) is 4.99 Å². The minimum atomic E-state index is -0.424. The van der Waals surface area contributed by atoms with Crippen molar-refractivity contribution < 1.29 is 0 Å². The monoisotopic (exact) mass is 781 g/mol. The average molecular weight is 782 g/mol. The molecule has 1 aromatic heterocycles. The van der Waals surface area contributed by atoms with Crippen LogP contribution in [-0.4, -0.2) is 10.4 Å². The van der Waals surface area contributed by atoms with Crippen LogP contribution in [0.25, 0.3) is 50.3 Å². The van der Waals surface area contributed by atoms with Crippen molar-refractivity contribution in [3.8, 4) is 16.8 Å². The maximum Gasteiger partial charge on any atom is 0.134 e. The van der Waals surface area contributed by atoms with Crippen molar-refractivity contribution in [1.29, 1.82) is 0 Å². The minimum absolute atomic E-state index is 0.00970. The van der Waals surface area contributed by atoms with Gasteiger partial charge in [0.2, 0.25) is 0 Å². The quantitative estimate of drug-likeness (QED) is 0.179. The molecule has 2 heterocycles. The lowest BCUT2D eigenvalue weighted by Gasteiger charge is -2.48. The average Bonchev–Trinajstić information content (AvgIpc) is 3.83. The van der Waals surface area contributed by atoms with E-state index in [9.17, 15) is 0 Å². The third-order valence-electron chi connectivity index (χ3n) is 13.6. The molecule has 3 aliphatic rings. The predicted octanol–water partition coefficient (Wildman–Crippen LogP) is 13.5. The fourth-order valence-electron chi connectivity index (χ4n) is 11.0. The molecule has 3 heteroatoms. The summed E-state index contributed by atoms with van der Waals surface area (Å²) in [6.07, 6.45) is 8.07. The van der Waals surface area contributed by atoms with Crippen LogP contribution in [0.1, 0.15) is 57.6 Å². The van der Waals surface area contributed by atoms with Gasteiger partial charge in [-0.2, -0.15) is 0 Å². The normalized spacial score (nSPS) is 18.5. The van der Waals surface area contributed by atoms with Crippen LogP contribution < -0.4 is 5.32 Å². The summed E-state index contributed by atoms with van der Waals surface area (Å²) < 4.78 is 2.55. The molecule has 8 aromatic carbocycles. The minimum Gasteiger partial charge on any atom is -0.359 e. The Balaban J connectivity index is 1.03. The Bertz CT molecular complexity index is 3200. The third kappa shape index (κ3) is 5.33. The van der Waals surface area contributed by atoms with E-state index in [0.717, 1.165) is 34.8 Å². The smallest absolute Gasteiger partial charge is 0.134 e. The van der Waals surface area contributed by atoms with Crippen LogP contribution in [0.15, 0.2) is 217 Å². The molecule has 0 radical (unpaired) electrons. The number of allylic oxidation sites excluding steroid dienone is 1. The zero-order chi connectivity index (χ0) is 40.5. The molecule has 61 heavy (non-hydrogen) atoms. The topological polar surface area (TPSA) is 29.3 Å². The maximum atomic E-state index is 5.23. The summed E-state index contributed by atoms with van der Waals surface area (Å²) >= 11 is 0. The summed E-state index contributed by atoms with van der Waals surface area (Å²) in [5, 5.41) is 7.61. The van der Waals surface area contributed by atoms with Crippen LogP contribution >= 0.6 is 0 Å². The summed E-state index contributed by atoms with van der Waals surface area (Å²) in [7, 11) is 0. The van der Waals surface area contributed by atoms with Gasteiger partial charge in [-0.1, -0.05) is 189 Å². The van der Waals surface area contributed by atoms with Gasteiger partial charge in [0, 0.05) is 33.3 Å². The molecule has 0 saturated heterocycles. The fraction of sp³-hybridized carbons (Fsp3) is 0.0862. The number of aromatic nitrogens is 1. The van der Waals surface area contributed by atoms with Gasteiger partial charge < -0.3 is 9.88 Å². The zero-order valence-corrected chi connectivity index (χ0v) is 34.0. The lowest BCUT2D eigenvalue weighted by Crippen LogP contribution is -2.46. The van der Waals surface area contributed by atoms with Gasteiger partial charge in [0.1, 0.15) is 5.84 Å². The highest BCUT2D eigenvalue weighted by Crippen LogP contribution is 2.63. The van der Waals surface area contributed by atoms with Gasteiger partial charge in [0.15, 0.2) is 0 Å². The second-order valence-corrected chi connectivity index (χ2v) is 17.0. The maximum absolute atomic E-state index is 5.23. The van der Waals surface area contributed by atoms with Gasteiger partial charge in [-0.15, -0.1) is 0 Å². The van der Waals surface area contributed by atoms with Crippen molar-refractivity contribution in [2.45, 2.75) is 24.8 Å². The van der Waals surface area contributed by atoms with Gasteiger partial charge >= 0.3 is 0 Å². The molecule has 1 aliphatic heterocycles. The second-order valence-electron chi connectivity index (χ2n) is 17.0. The van der Waals surface area contributed by atoms with Crippen molar-refractivity contribution in [3.05, 3.63) is 257 Å². The van der Waals surface area contributed by atoms with E-state index >= 15 is 0 Å². The Hall–Kier alpha value is -7.49. The number of aliphatic imine (C=N–C) groups is 1. The zero-order valence-electron chi connectivity index (χ0n) is 34.0. The Morgan fingerprint density at radius 1 is 0.590 bits per heavy atom. The number of hydrogen-bond donors (Lipinski definition) is 1. The SMILES string of the molecule is CC1(C2(c3ccccc3)c3ccccc3-c3ccccc32)C=Cc2c(n(-c3ccc(C4=NC(c5ccccc5)=CC(c5ccccc5)N4)cc3)c3ccc4ccccc4c23)C1. The van der Waals surface area contributed by atoms with E-state index in [1.54, 1.807) is 0 Å². The third-order valence-corrected chi connectivity index (χ3v) is 13.6. The molecular formula is C58H43N3. The lowest BCUT2D eigenvalue weighted by atomic mass is 9.53. The van der Waals surface area contributed by atoms with Gasteiger partial charge in [-0.3, -0.25) is 0 Å². The molecule has 290 valence electrons. The van der Waals surface area contributed by atoms with E-state index in [1.807, 2.05) is 0 Å². The Labute approximate surface area is 356 Å². The summed E-state index contributed by atoms with van der Waals surface area (Å²) in [4.78, 5) is 5.23. The molecule has 2 aliphatic carbocycles. The highest BCUT2D eigenvalue weighted by molar-refractivity contribution is 6.12. The van der Waals surface area contributed by atoms with Crippen LogP contribution in [0.5, 0.6) is 0 Å². The molecule has 12 rings (SSSR count). The first-order chi connectivity index (χ1) is 30.1. The summed E-state index contributed by atoms with van der Waals surface area (Å²) in [5.74, 6) is 0.867. The Kier molecular flexibility index (Phi) is 8.02. The van der Waals surface area contributed by atoms with Crippen LogP contribution in [0.3, 0.4) is 0 Å². The molecule has 9 aromatic rings. The van der Waals surface area contributed by atoms with Crippen LogP contribution in [-0.2, 0) is 11.8 Å². The van der Waals surface area contributed by atoms with Crippen molar-refractivity contribution >= 4 is 39.3 Å². The molecule has 0 saturated carbocycles. The fourth-order valence-corrected chi connectivity index (χ4v) is 11.0. The van der Waals surface area contributed by atoms with E-state index in [2.05, 4.69) is 235 Å². The van der Waals surface area contributed by atoms with Gasteiger partial charge in [-0.05, 0) is 92.5 Å². The summed E-state index contributed by atoms with van der Waals surface area (Å²) in [6.45, 7) is 2.50. The van der Waals surface area contributed by atoms with Crippen molar-refractivity contribution in [2.24, 2.45) is 10.4 Å². The molecule has 0 spiro atoms. The lowest BCUT2D eigenvalue weighted by molar-refractivity contribution is 0.285. The van der Waals surface area contributed by atoms with E-state index in [4.69, 9.17) is 4.99 Å². The number of benzene rings is 8. The summed E-state index contributed by atoms with van der Waals surface area (Å²) in [5.41, 5.74) is 15.3. The van der Waals surface area contributed by atoms with Crippen LogP contribution in [0, 0.1) is 5.41 Å². The first-order valence-corrected chi connectivity index (χ1v) is 21.4. The number of amidine groups is 1. The second kappa shape index (κ2) is 13.8. The molecule has 3 nitrogen and oxygen atoms in total. The van der Waals surface area contributed by atoms with E-state index in [-0.39, 0.29) is 11.5 Å². The number of fused-ring (bicyclic) bond motifs is 8. The molecule has 2 atom stereocenters. The molecule has 0 amide bonds. The standard InChI is InChI=1S/C58H43N3/c1-57(58(43-22-9-4-10-23-43)49-27-15-13-25-46(49)47-26-14-16-28-50(47)58)36-35-48-54(38-57)61(53-34-31-39-17-11-12-24-45(39)55(48)53)44-32-29-42(30-33-44)56-59-51(40-18-5-2-6-19-40)37-52(60-56)41-20-7-3-8-21-41/h2-37,51H,38H2,1H3,(H,59,60). The van der Waals surface area contributed by atoms with Crippen LogP contribution in [0.4, 0.5) is 0 Å². The van der Waals surface area contributed by atoms with E-state index < -0.39 is 5.41 Å². The molecular weight excluding hydrogens is 739 g/mol. The van der Waals surface area contributed by atoms with Gasteiger partial charge in [0.25, 0.3) is 0 Å². The number of rotatable bonds is 6. The van der Waals surface area contributed by atoms with Crippen molar-refractivity contribution in [2.75, 3.05) is 0 Å². The van der Waals surface area contributed by atoms with E-state index in [1.165, 1.54) is 66.3 Å². The number of nitrogens with one attached hydrogen (secondary N) is 1. The van der Waals surface area contributed by atoms with Gasteiger partial charge in [0.05, 0.1) is 22.7 Å². The van der Waals surface area contributed by atoms with Crippen molar-refractivity contribution in [1.82, 2.24) is 9.88 Å². The Morgan fingerprint density at radius 3 is 1.93 bits per heavy atom. The number of nitrogens with zero attached hydrogens (tertiary/aromatic N) is 2. The van der Waals surface area contributed by atoms with Crippen LogP contribution in [0.2, 0.25) is 0 Å². The van der Waals surface area contributed by atoms with Crippen molar-refractivity contribution in [3.63, 3.8) is 0 Å². The predicted molar refractivity (Wildman–Crippen MR) is 253 cm³/mol. The highest BCUT2D eigenvalue weighted by Gasteiger charge is 2.56. The largest absolute Gasteiger partial charge is 0.359 e. The summed E-state index contributed by atoms with van der Waals surface area (Å²) in [6, 6.07) is 73.1. The molecule has 0 bridgehead atoms. The molecule has 0 fully saturated rings. The van der Waals surface area contributed by atoms with E-state index in [0.29, 0.717) is 0 Å². The first kappa shape index (κ1) is 35.5. The first-order valence-electron chi connectivity index (χ1n) is 21.4. The highest BCUT2D eigenvalue weighted by atomic mass is 15.1.